The topological polar surface area (TPSA) is 42.1 Å². The smallest absolute Gasteiger partial charge is 0.129 e. The van der Waals surface area contributed by atoms with Crippen molar-refractivity contribution in [3.8, 4) is 0 Å². The van der Waals surface area contributed by atoms with Gasteiger partial charge in [0, 0.05) is 25.3 Å². The van der Waals surface area contributed by atoms with Crippen LogP contribution in [0, 0.1) is 5.92 Å². The zero-order valence-electron chi connectivity index (χ0n) is 11.0. The molecule has 2 heterocycles. The lowest BCUT2D eigenvalue weighted by atomic mass is 9.96. The van der Waals surface area contributed by atoms with Gasteiger partial charge in [-0.1, -0.05) is 12.8 Å². The summed E-state index contributed by atoms with van der Waals surface area (Å²) in [7, 11) is 0. The van der Waals surface area contributed by atoms with Crippen molar-refractivity contribution in [1.82, 2.24) is 4.98 Å². The first-order valence-electron chi connectivity index (χ1n) is 7.30. The number of nitrogens with two attached hydrogens (primary N) is 1. The molecular formula is C15H23N3. The van der Waals surface area contributed by atoms with Crippen LogP contribution in [0.2, 0.25) is 0 Å². The summed E-state index contributed by atoms with van der Waals surface area (Å²) in [5, 5.41) is 0. The molecule has 1 aliphatic heterocycles. The molecule has 3 rings (SSSR count). The first-order valence-corrected chi connectivity index (χ1v) is 7.30. The Kier molecular flexibility index (Phi) is 3.50. The third kappa shape index (κ3) is 2.24. The largest absolute Gasteiger partial charge is 0.353 e. The highest BCUT2D eigenvalue weighted by molar-refractivity contribution is 5.43. The lowest BCUT2D eigenvalue weighted by molar-refractivity contribution is 0.429. The van der Waals surface area contributed by atoms with Crippen LogP contribution in [0.4, 0.5) is 5.82 Å². The molecule has 0 aromatic carbocycles. The normalized spacial score (nSPS) is 24.9. The van der Waals surface area contributed by atoms with Crippen LogP contribution >= 0.6 is 0 Å². The van der Waals surface area contributed by atoms with Gasteiger partial charge < -0.3 is 10.6 Å². The average Bonchev–Trinajstić information content (AvgIpc) is 3.09. The molecule has 0 radical (unpaired) electrons. The molecule has 0 bridgehead atoms. The van der Waals surface area contributed by atoms with E-state index in [1.807, 2.05) is 12.3 Å². The number of hydrogen-bond donors (Lipinski definition) is 1. The second-order valence-corrected chi connectivity index (χ2v) is 5.67. The van der Waals surface area contributed by atoms with Crippen LogP contribution < -0.4 is 10.6 Å². The van der Waals surface area contributed by atoms with Gasteiger partial charge in [0.25, 0.3) is 0 Å². The summed E-state index contributed by atoms with van der Waals surface area (Å²) >= 11 is 0. The SMILES string of the molecule is NCc1ccnc(N2CCCC2C2CCCC2)c1. The highest BCUT2D eigenvalue weighted by atomic mass is 15.2. The highest BCUT2D eigenvalue weighted by Crippen LogP contribution is 2.37. The molecule has 98 valence electrons. The number of nitrogens with zero attached hydrogens (tertiary/aromatic N) is 2. The van der Waals surface area contributed by atoms with E-state index in [1.165, 1.54) is 50.6 Å². The summed E-state index contributed by atoms with van der Waals surface area (Å²) in [6.07, 6.45) is 10.2. The Morgan fingerprint density at radius 2 is 2.06 bits per heavy atom. The molecular weight excluding hydrogens is 222 g/mol. The van der Waals surface area contributed by atoms with Crippen LogP contribution in [0.3, 0.4) is 0 Å². The number of rotatable bonds is 3. The Hall–Kier alpha value is -1.09. The molecule has 0 spiro atoms. The zero-order chi connectivity index (χ0) is 12.4. The van der Waals surface area contributed by atoms with E-state index in [4.69, 9.17) is 5.73 Å². The van der Waals surface area contributed by atoms with E-state index in [1.54, 1.807) is 0 Å². The van der Waals surface area contributed by atoms with Crippen molar-refractivity contribution in [2.24, 2.45) is 11.7 Å². The molecule has 3 nitrogen and oxygen atoms in total. The lowest BCUT2D eigenvalue weighted by Crippen LogP contribution is -2.35. The summed E-state index contributed by atoms with van der Waals surface area (Å²) in [5.74, 6) is 2.04. The Morgan fingerprint density at radius 1 is 1.22 bits per heavy atom. The van der Waals surface area contributed by atoms with Gasteiger partial charge in [0.15, 0.2) is 0 Å². The highest BCUT2D eigenvalue weighted by Gasteiger charge is 2.33. The first-order chi connectivity index (χ1) is 8.88. The number of pyridine rings is 1. The summed E-state index contributed by atoms with van der Waals surface area (Å²) in [6, 6.07) is 4.92. The standard InChI is InChI=1S/C15H23N3/c16-11-12-7-8-17-15(10-12)18-9-3-6-14(18)13-4-1-2-5-13/h7-8,10,13-14H,1-6,9,11,16H2. The minimum Gasteiger partial charge on any atom is -0.353 e. The summed E-state index contributed by atoms with van der Waals surface area (Å²) in [5.41, 5.74) is 6.92. The second-order valence-electron chi connectivity index (χ2n) is 5.67. The summed E-state index contributed by atoms with van der Waals surface area (Å²) in [6.45, 7) is 1.78. The van der Waals surface area contributed by atoms with Crippen LogP contribution in [-0.4, -0.2) is 17.6 Å². The monoisotopic (exact) mass is 245 g/mol. The van der Waals surface area contributed by atoms with Crippen molar-refractivity contribution in [3.05, 3.63) is 23.9 Å². The average molecular weight is 245 g/mol. The summed E-state index contributed by atoms with van der Waals surface area (Å²) in [4.78, 5) is 7.10. The zero-order valence-corrected chi connectivity index (χ0v) is 11.0. The van der Waals surface area contributed by atoms with Crippen molar-refractivity contribution < 1.29 is 0 Å². The fraction of sp³-hybridized carbons (Fsp3) is 0.667. The molecule has 1 aromatic rings. The predicted molar refractivity (Wildman–Crippen MR) is 74.5 cm³/mol. The Balaban J connectivity index is 1.80. The molecule has 1 saturated heterocycles. The van der Waals surface area contributed by atoms with E-state index in [-0.39, 0.29) is 0 Å². The van der Waals surface area contributed by atoms with Crippen molar-refractivity contribution in [1.29, 1.82) is 0 Å². The van der Waals surface area contributed by atoms with E-state index in [9.17, 15) is 0 Å². The van der Waals surface area contributed by atoms with Crippen LogP contribution in [0.1, 0.15) is 44.1 Å². The molecule has 1 aromatic heterocycles. The molecule has 1 atom stereocenters. The van der Waals surface area contributed by atoms with Gasteiger partial charge in [-0.25, -0.2) is 4.98 Å². The van der Waals surface area contributed by atoms with Crippen LogP contribution in [0.5, 0.6) is 0 Å². The van der Waals surface area contributed by atoms with Crippen molar-refractivity contribution in [2.45, 2.75) is 51.1 Å². The van der Waals surface area contributed by atoms with E-state index >= 15 is 0 Å². The van der Waals surface area contributed by atoms with Gasteiger partial charge in [0.1, 0.15) is 5.82 Å². The number of anilines is 1. The van der Waals surface area contributed by atoms with E-state index in [0.29, 0.717) is 6.54 Å². The van der Waals surface area contributed by atoms with Gasteiger partial charge in [-0.3, -0.25) is 0 Å². The molecule has 2 fully saturated rings. The maximum absolute atomic E-state index is 5.73. The van der Waals surface area contributed by atoms with Gasteiger partial charge >= 0.3 is 0 Å². The molecule has 1 unspecified atom stereocenters. The third-order valence-corrected chi connectivity index (χ3v) is 4.58. The van der Waals surface area contributed by atoms with E-state index in [0.717, 1.165) is 17.8 Å². The van der Waals surface area contributed by atoms with Gasteiger partial charge in [0.05, 0.1) is 0 Å². The maximum Gasteiger partial charge on any atom is 0.129 e. The molecule has 18 heavy (non-hydrogen) atoms. The van der Waals surface area contributed by atoms with Gasteiger partial charge in [-0.05, 0) is 49.3 Å². The van der Waals surface area contributed by atoms with Crippen molar-refractivity contribution >= 4 is 5.82 Å². The number of hydrogen-bond acceptors (Lipinski definition) is 3. The van der Waals surface area contributed by atoms with E-state index < -0.39 is 0 Å². The molecule has 1 aliphatic carbocycles. The number of aromatic nitrogens is 1. The quantitative estimate of drug-likeness (QED) is 0.890. The fourth-order valence-electron chi connectivity index (χ4n) is 3.65. The minimum absolute atomic E-state index is 0.609. The Bertz CT molecular complexity index is 398. The molecule has 0 amide bonds. The van der Waals surface area contributed by atoms with Gasteiger partial charge in [-0.2, -0.15) is 0 Å². The fourth-order valence-corrected chi connectivity index (χ4v) is 3.65. The van der Waals surface area contributed by atoms with Crippen LogP contribution in [-0.2, 0) is 6.54 Å². The third-order valence-electron chi connectivity index (χ3n) is 4.58. The molecule has 2 aliphatic rings. The Labute approximate surface area is 109 Å². The Morgan fingerprint density at radius 3 is 2.83 bits per heavy atom. The molecule has 2 N–H and O–H groups in total. The van der Waals surface area contributed by atoms with Crippen molar-refractivity contribution in [2.75, 3.05) is 11.4 Å². The van der Waals surface area contributed by atoms with Crippen LogP contribution in [0.25, 0.3) is 0 Å². The lowest BCUT2D eigenvalue weighted by Gasteiger charge is -2.30. The van der Waals surface area contributed by atoms with Gasteiger partial charge in [-0.15, -0.1) is 0 Å². The summed E-state index contributed by atoms with van der Waals surface area (Å²) < 4.78 is 0. The predicted octanol–water partition coefficient (Wildman–Crippen LogP) is 2.70. The second kappa shape index (κ2) is 5.27. The van der Waals surface area contributed by atoms with E-state index in [2.05, 4.69) is 16.0 Å². The maximum atomic E-state index is 5.73. The molecule has 1 saturated carbocycles. The minimum atomic E-state index is 0.609. The first kappa shape index (κ1) is 12.0. The van der Waals surface area contributed by atoms with Crippen molar-refractivity contribution in [3.63, 3.8) is 0 Å². The van der Waals surface area contributed by atoms with Crippen LogP contribution in [0.15, 0.2) is 18.3 Å². The molecule has 3 heteroatoms. The van der Waals surface area contributed by atoms with Gasteiger partial charge in [0.2, 0.25) is 0 Å².